The van der Waals surface area contributed by atoms with Gasteiger partial charge >= 0.3 is 0 Å². The minimum atomic E-state index is -0.858. The third kappa shape index (κ3) is 4.25. The van der Waals surface area contributed by atoms with E-state index in [4.69, 9.17) is 14.2 Å². The molecule has 0 aliphatic carbocycles. The number of likely N-dealkylation sites (N-methyl/N-ethyl adjacent to an activating group) is 1. The molecule has 6 rings (SSSR count). The first-order valence-electron chi connectivity index (χ1n) is 13.1. The average Bonchev–Trinajstić information content (AvgIpc) is 3.60. The number of carbonyl (C=O) groups is 2. The lowest BCUT2D eigenvalue weighted by atomic mass is 10.0. The number of rotatable bonds is 7. The number of halogens is 2. The van der Waals surface area contributed by atoms with Crippen LogP contribution in [0.2, 0.25) is 0 Å². The zero-order valence-electron chi connectivity index (χ0n) is 22.5. The van der Waals surface area contributed by atoms with Crippen molar-refractivity contribution in [3.8, 4) is 5.75 Å². The van der Waals surface area contributed by atoms with Gasteiger partial charge in [0.1, 0.15) is 29.9 Å². The Morgan fingerprint density at radius 3 is 2.63 bits per heavy atom. The summed E-state index contributed by atoms with van der Waals surface area (Å²) in [5.74, 6) is -3.11. The Balaban J connectivity index is 1.49. The molecule has 1 aromatic heterocycles. The van der Waals surface area contributed by atoms with E-state index in [1.807, 2.05) is 35.3 Å². The molecule has 41 heavy (non-hydrogen) atoms. The molecule has 12 heteroatoms. The van der Waals surface area contributed by atoms with Crippen LogP contribution in [0.1, 0.15) is 50.2 Å². The quantitative estimate of drug-likeness (QED) is 0.469. The van der Waals surface area contributed by atoms with Gasteiger partial charge in [-0.05, 0) is 11.6 Å². The number of nitrogens with one attached hydrogen (secondary N) is 1. The minimum absolute atomic E-state index is 0.0124. The fourth-order valence-corrected chi connectivity index (χ4v) is 5.81. The predicted molar refractivity (Wildman–Crippen MR) is 142 cm³/mol. The van der Waals surface area contributed by atoms with Crippen LogP contribution in [0, 0.1) is 11.6 Å². The van der Waals surface area contributed by atoms with Gasteiger partial charge in [0.05, 0.1) is 25.5 Å². The topological polar surface area (TPSA) is 102 Å². The van der Waals surface area contributed by atoms with Crippen LogP contribution in [-0.4, -0.2) is 61.0 Å². The van der Waals surface area contributed by atoms with E-state index in [2.05, 4.69) is 5.32 Å². The normalized spacial score (nSPS) is 21.0. The molecule has 1 saturated heterocycles. The number of nitrogens with zero attached hydrogens (tertiary/aromatic N) is 3. The highest BCUT2D eigenvalue weighted by atomic mass is 19.1. The second-order valence-electron chi connectivity index (χ2n) is 10.2. The monoisotopic (exact) mass is 566 g/mol. The Bertz CT molecular complexity index is 1590. The summed E-state index contributed by atoms with van der Waals surface area (Å²) >= 11 is 0. The number of pyridine rings is 1. The van der Waals surface area contributed by atoms with E-state index in [1.165, 1.54) is 13.2 Å². The van der Waals surface area contributed by atoms with Crippen molar-refractivity contribution in [2.24, 2.45) is 0 Å². The highest BCUT2D eigenvalue weighted by Gasteiger charge is 2.57. The summed E-state index contributed by atoms with van der Waals surface area (Å²) in [7, 11) is 3.11. The maximum atomic E-state index is 14.3. The van der Waals surface area contributed by atoms with E-state index in [0.717, 1.165) is 11.6 Å². The Morgan fingerprint density at radius 1 is 1.17 bits per heavy atom. The zero-order valence-corrected chi connectivity index (χ0v) is 22.5. The maximum absolute atomic E-state index is 14.3. The summed E-state index contributed by atoms with van der Waals surface area (Å²) in [4.78, 5) is 43.2. The summed E-state index contributed by atoms with van der Waals surface area (Å²) < 4.78 is 46.7. The number of benzene rings is 2. The van der Waals surface area contributed by atoms with Crippen molar-refractivity contribution < 1.29 is 32.6 Å². The summed E-state index contributed by atoms with van der Waals surface area (Å²) in [5.41, 5.74) is -0.942. The van der Waals surface area contributed by atoms with Crippen molar-refractivity contribution in [1.82, 2.24) is 14.9 Å². The predicted octanol–water partition coefficient (Wildman–Crippen LogP) is 2.48. The molecule has 2 unspecified atom stereocenters. The summed E-state index contributed by atoms with van der Waals surface area (Å²) in [6.45, 7) is 0.557. The van der Waals surface area contributed by atoms with Gasteiger partial charge in [0, 0.05) is 38.8 Å². The van der Waals surface area contributed by atoms with Crippen LogP contribution >= 0.6 is 0 Å². The molecular formula is C29H28F2N4O6. The van der Waals surface area contributed by atoms with Gasteiger partial charge in [-0.2, -0.15) is 0 Å². The number of ether oxygens (including phenoxy) is 3. The van der Waals surface area contributed by atoms with Gasteiger partial charge in [-0.3, -0.25) is 19.4 Å². The minimum Gasteiger partial charge on any atom is -0.482 e. The lowest BCUT2D eigenvalue weighted by molar-refractivity contribution is 0.0297. The van der Waals surface area contributed by atoms with Crippen molar-refractivity contribution in [2.75, 3.05) is 38.9 Å². The van der Waals surface area contributed by atoms with Crippen LogP contribution in [0.3, 0.4) is 0 Å². The zero-order chi connectivity index (χ0) is 28.9. The molecule has 0 bridgehead atoms. The number of aromatic nitrogens is 1. The second-order valence-corrected chi connectivity index (χ2v) is 10.2. The molecule has 1 fully saturated rings. The number of fused-ring (bicyclic) bond motifs is 1. The molecule has 2 aromatic carbocycles. The van der Waals surface area contributed by atoms with Gasteiger partial charge in [0.2, 0.25) is 5.43 Å². The van der Waals surface area contributed by atoms with Crippen LogP contribution in [0.25, 0.3) is 0 Å². The third-order valence-electron chi connectivity index (χ3n) is 8.01. The first-order chi connectivity index (χ1) is 19.8. The average molecular weight is 567 g/mol. The molecule has 10 nitrogen and oxygen atoms in total. The van der Waals surface area contributed by atoms with Crippen LogP contribution in [0.5, 0.6) is 5.75 Å². The SMILES string of the molecule is COC1CN2n3c(c(OCc4ccccc4)c(=O)c(C(=O)NCc4ccc(F)cc4F)c31)C(=O)N(C)C21CCOC1. The van der Waals surface area contributed by atoms with E-state index < -0.39 is 40.6 Å². The van der Waals surface area contributed by atoms with Gasteiger partial charge in [-0.15, -0.1) is 0 Å². The van der Waals surface area contributed by atoms with Crippen LogP contribution in [0.4, 0.5) is 8.78 Å². The number of hydrogen-bond donors (Lipinski definition) is 1. The second kappa shape index (κ2) is 10.3. The highest BCUT2D eigenvalue weighted by molar-refractivity contribution is 6.01. The Kier molecular flexibility index (Phi) is 6.74. The molecule has 3 aliphatic rings. The smallest absolute Gasteiger partial charge is 0.278 e. The van der Waals surface area contributed by atoms with Crippen molar-refractivity contribution in [3.63, 3.8) is 0 Å². The van der Waals surface area contributed by atoms with Crippen LogP contribution < -0.4 is 20.5 Å². The third-order valence-corrected chi connectivity index (χ3v) is 8.01. The standard InChI is InChI=1S/C29H28F2N4O6/c1-33-28(38)24-26(41-15-17-6-4-3-5-7-17)25(36)22(27(37)32-13-18-8-9-19(30)12-20(18)31)23-21(39-2)14-34(35(23)24)29(33)10-11-40-16-29/h3-9,12,21H,10-11,13-16H2,1-2H3,(H,32,37). The highest BCUT2D eigenvalue weighted by Crippen LogP contribution is 2.43. The molecule has 4 heterocycles. The lowest BCUT2D eigenvalue weighted by Crippen LogP contribution is -2.69. The van der Waals surface area contributed by atoms with E-state index in [9.17, 15) is 23.2 Å². The lowest BCUT2D eigenvalue weighted by Gasteiger charge is -2.50. The molecular weight excluding hydrogens is 538 g/mol. The summed E-state index contributed by atoms with van der Waals surface area (Å²) in [6.07, 6.45) is -0.243. The van der Waals surface area contributed by atoms with Gasteiger partial charge in [-0.1, -0.05) is 36.4 Å². The molecule has 1 spiro atoms. The fraction of sp³-hybridized carbons (Fsp3) is 0.345. The first-order valence-corrected chi connectivity index (χ1v) is 13.1. The van der Waals surface area contributed by atoms with Crippen molar-refractivity contribution >= 4 is 11.8 Å². The Morgan fingerprint density at radius 2 is 1.95 bits per heavy atom. The van der Waals surface area contributed by atoms with Crippen molar-refractivity contribution in [3.05, 3.63) is 98.5 Å². The van der Waals surface area contributed by atoms with Crippen molar-refractivity contribution in [1.29, 1.82) is 0 Å². The van der Waals surface area contributed by atoms with Gasteiger partial charge < -0.3 is 24.4 Å². The molecule has 2 amide bonds. The number of amides is 2. The van der Waals surface area contributed by atoms with E-state index in [0.29, 0.717) is 19.1 Å². The largest absolute Gasteiger partial charge is 0.482 e. The molecule has 214 valence electrons. The summed E-state index contributed by atoms with van der Waals surface area (Å²) in [5, 5.41) is 4.47. The van der Waals surface area contributed by atoms with Crippen molar-refractivity contribution in [2.45, 2.75) is 31.3 Å². The van der Waals surface area contributed by atoms with Gasteiger partial charge in [0.25, 0.3) is 11.8 Å². The fourth-order valence-electron chi connectivity index (χ4n) is 5.81. The molecule has 2 atom stereocenters. The van der Waals surface area contributed by atoms with Crippen LogP contribution in [-0.2, 0) is 22.6 Å². The Labute approximate surface area is 234 Å². The molecule has 3 aliphatic heterocycles. The Hall–Kier alpha value is -4.29. The molecule has 0 radical (unpaired) electrons. The number of carbonyl (C=O) groups excluding carboxylic acids is 2. The van der Waals surface area contributed by atoms with E-state index in [-0.39, 0.29) is 54.6 Å². The van der Waals surface area contributed by atoms with E-state index >= 15 is 0 Å². The van der Waals surface area contributed by atoms with Gasteiger partial charge in [-0.25, -0.2) is 13.5 Å². The molecule has 3 aromatic rings. The molecule has 1 N–H and O–H groups in total. The van der Waals surface area contributed by atoms with Gasteiger partial charge in [0.15, 0.2) is 17.1 Å². The number of hydrogen-bond acceptors (Lipinski definition) is 7. The number of methoxy groups -OCH3 is 1. The van der Waals surface area contributed by atoms with E-state index in [1.54, 1.807) is 16.6 Å². The van der Waals surface area contributed by atoms with Crippen LogP contribution in [0.15, 0.2) is 53.3 Å². The first kappa shape index (κ1) is 26.9. The maximum Gasteiger partial charge on any atom is 0.278 e. The molecule has 0 saturated carbocycles. The summed E-state index contributed by atoms with van der Waals surface area (Å²) in [6, 6.07) is 12.1.